The van der Waals surface area contributed by atoms with Crippen molar-refractivity contribution in [3.63, 3.8) is 0 Å². The van der Waals surface area contributed by atoms with Crippen molar-refractivity contribution in [2.24, 2.45) is 5.10 Å². The summed E-state index contributed by atoms with van der Waals surface area (Å²) in [5.74, 6) is 1.24. The highest BCUT2D eigenvalue weighted by atomic mass is 15.5. The molecule has 1 aliphatic carbocycles. The number of aromatic nitrogens is 2. The maximum absolute atomic E-state index is 4.84. The molecule has 3 aromatic rings. The lowest BCUT2D eigenvalue weighted by atomic mass is 10.0. The number of anilines is 2. The van der Waals surface area contributed by atoms with Gasteiger partial charge in [-0.05, 0) is 50.6 Å². The molecule has 4 heteroatoms. The van der Waals surface area contributed by atoms with Crippen molar-refractivity contribution >= 4 is 28.6 Å². The molecule has 4 rings (SSSR count). The van der Waals surface area contributed by atoms with E-state index in [9.17, 15) is 0 Å². The Morgan fingerprint density at radius 3 is 2.64 bits per heavy atom. The van der Waals surface area contributed by atoms with Gasteiger partial charge in [-0.2, -0.15) is 10.1 Å². The van der Waals surface area contributed by atoms with Crippen molar-refractivity contribution < 1.29 is 0 Å². The topological polar surface area (TPSA) is 41.4 Å². The molecule has 0 bridgehead atoms. The lowest BCUT2D eigenvalue weighted by Gasteiger charge is -2.22. The maximum atomic E-state index is 4.84. The zero-order valence-corrected chi connectivity index (χ0v) is 14.9. The summed E-state index contributed by atoms with van der Waals surface area (Å²) in [7, 11) is 0. The second-order valence-corrected chi connectivity index (χ2v) is 6.65. The fourth-order valence-electron chi connectivity index (χ4n) is 3.23. The van der Waals surface area contributed by atoms with Crippen LogP contribution in [0.4, 0.5) is 11.6 Å². The number of fused-ring (bicyclic) bond motifs is 1. The van der Waals surface area contributed by atoms with E-state index in [0.717, 1.165) is 28.0 Å². The fraction of sp³-hybridized carbons (Fsp3) is 0.286. The third-order valence-electron chi connectivity index (χ3n) is 4.59. The Hall–Kier alpha value is -2.75. The fourth-order valence-corrected chi connectivity index (χ4v) is 3.23. The minimum absolute atomic E-state index is 0.585. The molecular formula is C21H22N4. The SMILES string of the molecule is CC=NN(c1nc(C)cc(C2CC2)n1)c1c(C)ccc2ccccc12. The summed E-state index contributed by atoms with van der Waals surface area (Å²) in [6, 6.07) is 14.8. The van der Waals surface area contributed by atoms with Gasteiger partial charge in [0.15, 0.2) is 0 Å². The van der Waals surface area contributed by atoms with E-state index in [2.05, 4.69) is 59.5 Å². The summed E-state index contributed by atoms with van der Waals surface area (Å²) in [4.78, 5) is 9.53. The highest BCUT2D eigenvalue weighted by molar-refractivity contribution is 5.97. The summed E-state index contributed by atoms with van der Waals surface area (Å²) < 4.78 is 0. The Bertz CT molecular complexity index is 957. The van der Waals surface area contributed by atoms with Crippen molar-refractivity contribution in [1.29, 1.82) is 0 Å². The molecule has 0 spiro atoms. The Balaban J connectivity index is 1.93. The van der Waals surface area contributed by atoms with E-state index < -0.39 is 0 Å². The van der Waals surface area contributed by atoms with Crippen LogP contribution in [0.15, 0.2) is 47.6 Å². The van der Waals surface area contributed by atoms with E-state index in [1.807, 2.05) is 18.9 Å². The van der Waals surface area contributed by atoms with E-state index >= 15 is 0 Å². The zero-order valence-electron chi connectivity index (χ0n) is 14.9. The van der Waals surface area contributed by atoms with Gasteiger partial charge in [-0.25, -0.2) is 9.97 Å². The van der Waals surface area contributed by atoms with E-state index in [1.54, 1.807) is 6.21 Å². The van der Waals surface area contributed by atoms with Gasteiger partial charge in [-0.1, -0.05) is 36.4 Å². The molecule has 1 aliphatic rings. The lowest BCUT2D eigenvalue weighted by Crippen LogP contribution is -2.15. The summed E-state index contributed by atoms with van der Waals surface area (Å²) in [5.41, 5.74) is 4.32. The average molecular weight is 330 g/mol. The Labute approximate surface area is 148 Å². The molecule has 0 saturated heterocycles. The van der Waals surface area contributed by atoms with E-state index in [1.165, 1.54) is 18.2 Å². The molecule has 0 amide bonds. The number of aryl methyl sites for hydroxylation is 2. The van der Waals surface area contributed by atoms with Gasteiger partial charge in [0, 0.05) is 28.9 Å². The van der Waals surface area contributed by atoms with Crippen molar-refractivity contribution in [2.45, 2.75) is 39.5 Å². The second kappa shape index (κ2) is 6.28. The quantitative estimate of drug-likeness (QED) is 0.483. The smallest absolute Gasteiger partial charge is 0.216 e. The van der Waals surface area contributed by atoms with Crippen LogP contribution in [0, 0.1) is 13.8 Å². The average Bonchev–Trinajstić information content (AvgIpc) is 3.45. The molecule has 0 aliphatic heterocycles. The number of hydrogen-bond donors (Lipinski definition) is 0. The molecule has 4 nitrogen and oxygen atoms in total. The van der Waals surface area contributed by atoms with Crippen molar-refractivity contribution in [1.82, 2.24) is 9.97 Å². The van der Waals surface area contributed by atoms with Crippen molar-refractivity contribution in [3.8, 4) is 0 Å². The molecule has 0 N–H and O–H groups in total. The summed E-state index contributed by atoms with van der Waals surface area (Å²) in [6.45, 7) is 6.06. The van der Waals surface area contributed by atoms with Gasteiger partial charge in [0.25, 0.3) is 5.95 Å². The number of nitrogens with zero attached hydrogens (tertiary/aromatic N) is 4. The van der Waals surface area contributed by atoms with Gasteiger partial charge in [0.2, 0.25) is 0 Å². The van der Waals surface area contributed by atoms with Crippen molar-refractivity contribution in [3.05, 3.63) is 59.4 Å². The molecule has 0 radical (unpaired) electrons. The number of benzene rings is 2. The highest BCUT2D eigenvalue weighted by Gasteiger charge is 2.27. The van der Waals surface area contributed by atoms with Crippen LogP contribution in [0.25, 0.3) is 10.8 Å². The van der Waals surface area contributed by atoms with Crippen LogP contribution < -0.4 is 5.01 Å². The lowest BCUT2D eigenvalue weighted by molar-refractivity contribution is 0.909. The molecular weight excluding hydrogens is 308 g/mol. The zero-order chi connectivity index (χ0) is 17.4. The molecule has 0 unspecified atom stereocenters. The molecule has 1 heterocycles. The molecule has 25 heavy (non-hydrogen) atoms. The number of hydrazone groups is 1. The van der Waals surface area contributed by atoms with Crippen LogP contribution in [-0.4, -0.2) is 16.2 Å². The highest BCUT2D eigenvalue weighted by Crippen LogP contribution is 2.40. The number of hydrogen-bond acceptors (Lipinski definition) is 4. The van der Waals surface area contributed by atoms with E-state index in [0.29, 0.717) is 11.9 Å². The van der Waals surface area contributed by atoms with Crippen LogP contribution in [-0.2, 0) is 0 Å². The van der Waals surface area contributed by atoms with Gasteiger partial charge in [-0.15, -0.1) is 0 Å². The first-order valence-electron chi connectivity index (χ1n) is 8.80. The third-order valence-corrected chi connectivity index (χ3v) is 4.59. The van der Waals surface area contributed by atoms with Crippen LogP contribution in [0.2, 0.25) is 0 Å². The van der Waals surface area contributed by atoms with E-state index in [-0.39, 0.29) is 0 Å². The number of rotatable bonds is 4. The second-order valence-electron chi connectivity index (χ2n) is 6.65. The molecule has 1 saturated carbocycles. The molecule has 126 valence electrons. The van der Waals surface area contributed by atoms with Crippen LogP contribution >= 0.6 is 0 Å². The molecule has 1 fully saturated rings. The predicted molar refractivity (Wildman–Crippen MR) is 104 cm³/mol. The first-order chi connectivity index (χ1) is 12.2. The summed E-state index contributed by atoms with van der Waals surface area (Å²) in [6.07, 6.45) is 4.24. The first-order valence-corrected chi connectivity index (χ1v) is 8.80. The summed E-state index contributed by atoms with van der Waals surface area (Å²) >= 11 is 0. The van der Waals surface area contributed by atoms with Crippen molar-refractivity contribution in [2.75, 3.05) is 5.01 Å². The normalized spacial score (nSPS) is 14.4. The van der Waals surface area contributed by atoms with Gasteiger partial charge in [0.05, 0.1) is 5.69 Å². The monoisotopic (exact) mass is 330 g/mol. The van der Waals surface area contributed by atoms with Gasteiger partial charge in [0.1, 0.15) is 0 Å². The Morgan fingerprint density at radius 1 is 1.08 bits per heavy atom. The van der Waals surface area contributed by atoms with Gasteiger partial charge in [-0.3, -0.25) is 0 Å². The molecule has 1 aromatic heterocycles. The molecule has 0 atom stereocenters. The van der Waals surface area contributed by atoms with Crippen LogP contribution in [0.1, 0.15) is 42.6 Å². The van der Waals surface area contributed by atoms with Crippen LogP contribution in [0.5, 0.6) is 0 Å². The predicted octanol–water partition coefficient (Wildman–Crippen LogP) is 5.27. The maximum Gasteiger partial charge on any atom is 0.251 e. The Kier molecular flexibility index (Phi) is 3.96. The molecule has 2 aromatic carbocycles. The van der Waals surface area contributed by atoms with Gasteiger partial charge < -0.3 is 0 Å². The third kappa shape index (κ3) is 3.00. The standard InChI is InChI=1S/C21H22N4/c1-4-22-25(21-23-15(3)13-19(24-21)17-11-12-17)20-14(2)9-10-16-7-5-6-8-18(16)20/h4-10,13,17H,11-12H2,1-3H3. The summed E-state index contributed by atoms with van der Waals surface area (Å²) in [5, 5.41) is 8.85. The largest absolute Gasteiger partial charge is 0.251 e. The van der Waals surface area contributed by atoms with Crippen LogP contribution in [0.3, 0.4) is 0 Å². The first kappa shape index (κ1) is 15.8. The van der Waals surface area contributed by atoms with E-state index in [4.69, 9.17) is 4.98 Å². The minimum Gasteiger partial charge on any atom is -0.216 e. The van der Waals surface area contributed by atoms with Gasteiger partial charge >= 0.3 is 0 Å². The minimum atomic E-state index is 0.585. The Morgan fingerprint density at radius 2 is 1.88 bits per heavy atom.